The van der Waals surface area contributed by atoms with Gasteiger partial charge in [0.1, 0.15) is 10.4 Å². The van der Waals surface area contributed by atoms with Gasteiger partial charge in [-0.25, -0.2) is 4.98 Å². The van der Waals surface area contributed by atoms with Crippen LogP contribution in [0.15, 0.2) is 10.7 Å². The third-order valence-corrected chi connectivity index (χ3v) is 1.51. The molecule has 0 spiro atoms. The predicted octanol–water partition coefficient (Wildman–Crippen LogP) is 0.887. The van der Waals surface area contributed by atoms with Gasteiger partial charge in [-0.2, -0.15) is 4.98 Å². The second-order valence-electron chi connectivity index (χ2n) is 2.31. The van der Waals surface area contributed by atoms with Crippen molar-refractivity contribution in [2.45, 2.75) is 0 Å². The van der Waals surface area contributed by atoms with Gasteiger partial charge in [0, 0.05) is 20.2 Å². The summed E-state index contributed by atoms with van der Waals surface area (Å²) < 4.78 is 0.703. The molecule has 0 unspecified atom stereocenters. The predicted molar refractivity (Wildman–Crippen MR) is 48.5 cm³/mol. The van der Waals surface area contributed by atoms with Crippen LogP contribution >= 0.6 is 15.9 Å². The van der Waals surface area contributed by atoms with Gasteiger partial charge < -0.3 is 10.6 Å². The molecule has 0 aliphatic carbocycles. The fraction of sp³-hybridized carbons (Fsp3) is 0.333. The molecule has 0 saturated carbocycles. The second-order valence-corrected chi connectivity index (χ2v) is 3.12. The molecule has 0 aliphatic heterocycles. The first-order valence-corrected chi connectivity index (χ1v) is 3.86. The molecule has 11 heavy (non-hydrogen) atoms. The number of nitrogens with zero attached hydrogens (tertiary/aromatic N) is 3. The molecule has 0 fully saturated rings. The van der Waals surface area contributed by atoms with Gasteiger partial charge in [0.2, 0.25) is 5.95 Å². The highest BCUT2D eigenvalue weighted by Crippen LogP contribution is 2.13. The number of halogens is 1. The zero-order chi connectivity index (χ0) is 8.43. The average Bonchev–Trinajstić information content (AvgIpc) is 1.85. The van der Waals surface area contributed by atoms with Gasteiger partial charge in [0.05, 0.1) is 0 Å². The quantitative estimate of drug-likeness (QED) is 0.709. The van der Waals surface area contributed by atoms with E-state index in [9.17, 15) is 0 Å². The van der Waals surface area contributed by atoms with Crippen LogP contribution < -0.4 is 10.6 Å². The van der Waals surface area contributed by atoms with E-state index in [0.717, 1.165) is 0 Å². The number of anilines is 2. The molecule has 5 heteroatoms. The first kappa shape index (κ1) is 8.26. The molecule has 4 nitrogen and oxygen atoms in total. The van der Waals surface area contributed by atoms with Crippen LogP contribution in [0.5, 0.6) is 0 Å². The zero-order valence-corrected chi connectivity index (χ0v) is 7.96. The topological polar surface area (TPSA) is 55.0 Å². The number of hydrogen-bond acceptors (Lipinski definition) is 4. The first-order chi connectivity index (χ1) is 5.09. The van der Waals surface area contributed by atoms with E-state index < -0.39 is 0 Å². The second kappa shape index (κ2) is 3.04. The molecule has 2 N–H and O–H groups in total. The molecule has 1 heterocycles. The first-order valence-electron chi connectivity index (χ1n) is 3.07. The summed E-state index contributed by atoms with van der Waals surface area (Å²) in [5.41, 5.74) is 5.49. The molecule has 0 radical (unpaired) electrons. The summed E-state index contributed by atoms with van der Waals surface area (Å²) in [5, 5.41) is 0. The van der Waals surface area contributed by atoms with Gasteiger partial charge in [-0.05, 0) is 15.9 Å². The Kier molecular flexibility index (Phi) is 2.28. The Morgan fingerprint density at radius 3 is 2.55 bits per heavy atom. The zero-order valence-electron chi connectivity index (χ0n) is 6.37. The van der Waals surface area contributed by atoms with Crippen LogP contribution in [0.25, 0.3) is 0 Å². The van der Waals surface area contributed by atoms with Crippen LogP contribution in [-0.2, 0) is 0 Å². The minimum Gasteiger partial charge on any atom is -0.383 e. The summed E-state index contributed by atoms with van der Waals surface area (Å²) >= 11 is 3.22. The lowest BCUT2D eigenvalue weighted by Crippen LogP contribution is -2.13. The Labute approximate surface area is 73.6 Å². The van der Waals surface area contributed by atoms with Crippen LogP contribution in [0.4, 0.5) is 11.8 Å². The third-order valence-electron chi connectivity index (χ3n) is 1.10. The molecule has 0 atom stereocenters. The molecule has 0 amide bonds. The van der Waals surface area contributed by atoms with Crippen molar-refractivity contribution >= 4 is 27.7 Å². The van der Waals surface area contributed by atoms with Crippen molar-refractivity contribution in [3.63, 3.8) is 0 Å². The number of nitrogen functional groups attached to an aromatic ring is 1. The number of nitrogens with two attached hydrogens (primary N) is 1. The Hall–Kier alpha value is -0.840. The average molecular weight is 217 g/mol. The highest BCUT2D eigenvalue weighted by Gasteiger charge is 2.00. The third kappa shape index (κ3) is 2.04. The number of hydrogen-bond donors (Lipinski definition) is 1. The van der Waals surface area contributed by atoms with E-state index in [1.165, 1.54) is 0 Å². The summed E-state index contributed by atoms with van der Waals surface area (Å²) in [5.74, 6) is 1.08. The van der Waals surface area contributed by atoms with Gasteiger partial charge in [0.15, 0.2) is 0 Å². The van der Waals surface area contributed by atoms with Gasteiger partial charge in [-0.1, -0.05) is 0 Å². The summed E-state index contributed by atoms with van der Waals surface area (Å²) in [4.78, 5) is 9.87. The molecule has 0 aromatic carbocycles. The summed E-state index contributed by atoms with van der Waals surface area (Å²) in [6.45, 7) is 0. The number of rotatable bonds is 1. The van der Waals surface area contributed by atoms with Crippen molar-refractivity contribution in [2.75, 3.05) is 24.7 Å². The molecule has 1 aromatic rings. The molecule has 0 aliphatic rings. The largest absolute Gasteiger partial charge is 0.383 e. The molecule has 1 aromatic heterocycles. The maximum Gasteiger partial charge on any atom is 0.227 e. The van der Waals surface area contributed by atoms with Gasteiger partial charge in [-0.15, -0.1) is 0 Å². The molecule has 0 saturated heterocycles. The Bertz CT molecular complexity index is 241. The fourth-order valence-electron chi connectivity index (χ4n) is 0.623. The van der Waals surface area contributed by atoms with E-state index in [4.69, 9.17) is 5.73 Å². The van der Waals surface area contributed by atoms with Crippen LogP contribution in [-0.4, -0.2) is 24.1 Å². The SMILES string of the molecule is CN(C)c1nc(N)cc(Br)n1. The summed E-state index contributed by atoms with van der Waals surface area (Å²) in [6.07, 6.45) is 0. The van der Waals surface area contributed by atoms with E-state index in [1.807, 2.05) is 14.1 Å². The van der Waals surface area contributed by atoms with Crippen molar-refractivity contribution in [3.05, 3.63) is 10.7 Å². The molecular formula is C6H9BrN4. The van der Waals surface area contributed by atoms with Crippen molar-refractivity contribution in [3.8, 4) is 0 Å². The van der Waals surface area contributed by atoms with Gasteiger partial charge >= 0.3 is 0 Å². The Morgan fingerprint density at radius 2 is 2.09 bits per heavy atom. The Morgan fingerprint density at radius 1 is 1.45 bits per heavy atom. The standard InChI is InChI=1S/C6H9BrN4/c1-11(2)6-9-4(7)3-5(8)10-6/h3H,1-2H3,(H2,8,9,10). The van der Waals surface area contributed by atoms with Crippen LogP contribution in [0.1, 0.15) is 0 Å². The summed E-state index contributed by atoms with van der Waals surface area (Å²) in [7, 11) is 3.72. The molecular weight excluding hydrogens is 208 g/mol. The normalized spacial score (nSPS) is 9.73. The van der Waals surface area contributed by atoms with Crippen molar-refractivity contribution in [1.29, 1.82) is 0 Å². The van der Waals surface area contributed by atoms with E-state index in [1.54, 1.807) is 11.0 Å². The number of aromatic nitrogens is 2. The van der Waals surface area contributed by atoms with Crippen LogP contribution in [0.3, 0.4) is 0 Å². The minimum absolute atomic E-state index is 0.468. The van der Waals surface area contributed by atoms with Crippen LogP contribution in [0, 0.1) is 0 Å². The monoisotopic (exact) mass is 216 g/mol. The lowest BCUT2D eigenvalue weighted by atomic mass is 10.6. The minimum atomic E-state index is 0.468. The molecule has 60 valence electrons. The van der Waals surface area contributed by atoms with E-state index in [0.29, 0.717) is 16.4 Å². The lowest BCUT2D eigenvalue weighted by molar-refractivity contribution is 0.993. The van der Waals surface area contributed by atoms with Crippen molar-refractivity contribution < 1.29 is 0 Å². The summed E-state index contributed by atoms with van der Waals surface area (Å²) in [6, 6.07) is 1.66. The highest BCUT2D eigenvalue weighted by atomic mass is 79.9. The fourth-order valence-corrected chi connectivity index (χ4v) is 1.02. The van der Waals surface area contributed by atoms with E-state index in [-0.39, 0.29) is 0 Å². The maximum absolute atomic E-state index is 5.49. The van der Waals surface area contributed by atoms with Gasteiger partial charge in [0.25, 0.3) is 0 Å². The molecule has 0 bridgehead atoms. The van der Waals surface area contributed by atoms with E-state index in [2.05, 4.69) is 25.9 Å². The van der Waals surface area contributed by atoms with Gasteiger partial charge in [-0.3, -0.25) is 0 Å². The van der Waals surface area contributed by atoms with Crippen molar-refractivity contribution in [1.82, 2.24) is 9.97 Å². The lowest BCUT2D eigenvalue weighted by Gasteiger charge is -2.09. The molecule has 1 rings (SSSR count). The van der Waals surface area contributed by atoms with Crippen molar-refractivity contribution in [2.24, 2.45) is 0 Å². The van der Waals surface area contributed by atoms with Crippen LogP contribution in [0.2, 0.25) is 0 Å². The van der Waals surface area contributed by atoms with E-state index >= 15 is 0 Å². The highest BCUT2D eigenvalue weighted by molar-refractivity contribution is 9.10. The smallest absolute Gasteiger partial charge is 0.227 e. The maximum atomic E-state index is 5.49. The Balaban J connectivity index is 3.08.